The molecule has 0 aliphatic rings. The highest BCUT2D eigenvalue weighted by Gasteiger charge is 2.18. The zero-order chi connectivity index (χ0) is 10.8. The van der Waals surface area contributed by atoms with Crippen LogP contribution in [-0.2, 0) is 9.84 Å². The number of nitrogens with one attached hydrogen (secondary N) is 1. The van der Waals surface area contributed by atoms with E-state index in [1.807, 2.05) is 0 Å². The Morgan fingerprint density at radius 2 is 2.07 bits per heavy atom. The van der Waals surface area contributed by atoms with Gasteiger partial charge in [-0.2, -0.15) is 0 Å². The van der Waals surface area contributed by atoms with E-state index in [0.717, 1.165) is 0 Å². The SMILES string of the molecule is CC(C)CS(=O)(=O)c1ccc[nH]c1=O. The van der Waals surface area contributed by atoms with Crippen LogP contribution in [0.15, 0.2) is 28.0 Å². The van der Waals surface area contributed by atoms with E-state index >= 15 is 0 Å². The lowest BCUT2D eigenvalue weighted by Crippen LogP contribution is -2.21. The van der Waals surface area contributed by atoms with E-state index in [4.69, 9.17) is 0 Å². The zero-order valence-electron chi connectivity index (χ0n) is 8.15. The molecule has 0 spiro atoms. The molecule has 0 saturated heterocycles. The predicted molar refractivity (Wildman–Crippen MR) is 54.0 cm³/mol. The first-order valence-corrected chi connectivity index (χ1v) is 5.99. The lowest BCUT2D eigenvalue weighted by Gasteiger charge is -2.05. The third kappa shape index (κ3) is 2.45. The summed E-state index contributed by atoms with van der Waals surface area (Å²) in [6.07, 6.45) is 1.41. The van der Waals surface area contributed by atoms with Gasteiger partial charge in [0.25, 0.3) is 5.56 Å². The Balaban J connectivity index is 3.18. The van der Waals surface area contributed by atoms with Gasteiger partial charge in [-0.05, 0) is 18.1 Å². The van der Waals surface area contributed by atoms with Crippen LogP contribution >= 0.6 is 0 Å². The third-order valence-electron chi connectivity index (χ3n) is 1.67. The molecule has 0 aliphatic heterocycles. The summed E-state index contributed by atoms with van der Waals surface area (Å²) in [5.41, 5.74) is -0.548. The molecule has 0 radical (unpaired) electrons. The normalized spacial score (nSPS) is 11.9. The summed E-state index contributed by atoms with van der Waals surface area (Å²) in [4.78, 5) is 13.4. The standard InChI is InChI=1S/C9H13NO3S/c1-7(2)6-14(12,13)8-4-3-5-10-9(8)11/h3-5,7H,6H2,1-2H3,(H,10,11). The van der Waals surface area contributed by atoms with Crippen LogP contribution in [0.3, 0.4) is 0 Å². The van der Waals surface area contributed by atoms with Crippen molar-refractivity contribution in [2.24, 2.45) is 5.92 Å². The van der Waals surface area contributed by atoms with E-state index < -0.39 is 15.4 Å². The highest BCUT2D eigenvalue weighted by Crippen LogP contribution is 2.08. The monoisotopic (exact) mass is 215 g/mol. The maximum atomic E-state index is 11.6. The summed E-state index contributed by atoms with van der Waals surface area (Å²) >= 11 is 0. The van der Waals surface area contributed by atoms with Crippen molar-refractivity contribution in [3.05, 3.63) is 28.7 Å². The van der Waals surface area contributed by atoms with Crippen molar-refractivity contribution in [3.63, 3.8) is 0 Å². The van der Waals surface area contributed by atoms with Crippen LogP contribution in [0, 0.1) is 5.92 Å². The van der Waals surface area contributed by atoms with E-state index in [2.05, 4.69) is 4.98 Å². The molecule has 1 N–H and O–H groups in total. The number of hydrogen-bond donors (Lipinski definition) is 1. The van der Waals surface area contributed by atoms with Crippen molar-refractivity contribution in [1.82, 2.24) is 4.98 Å². The molecule has 0 aliphatic carbocycles. The third-order valence-corrected chi connectivity index (χ3v) is 3.77. The minimum atomic E-state index is -3.43. The highest BCUT2D eigenvalue weighted by atomic mass is 32.2. The second kappa shape index (κ2) is 3.96. The Morgan fingerprint density at radius 1 is 1.43 bits per heavy atom. The maximum absolute atomic E-state index is 11.6. The lowest BCUT2D eigenvalue weighted by atomic mass is 10.3. The summed E-state index contributed by atoms with van der Waals surface area (Å²) in [6.45, 7) is 3.60. The van der Waals surface area contributed by atoms with E-state index in [0.29, 0.717) is 0 Å². The number of pyridine rings is 1. The van der Waals surface area contributed by atoms with Crippen molar-refractivity contribution < 1.29 is 8.42 Å². The van der Waals surface area contributed by atoms with Crippen molar-refractivity contribution in [3.8, 4) is 0 Å². The van der Waals surface area contributed by atoms with Crippen molar-refractivity contribution >= 4 is 9.84 Å². The van der Waals surface area contributed by atoms with Gasteiger partial charge in [-0.1, -0.05) is 13.8 Å². The molecule has 0 bridgehead atoms. The molecule has 0 fully saturated rings. The van der Waals surface area contributed by atoms with Crippen LogP contribution in [0.5, 0.6) is 0 Å². The molecular formula is C9H13NO3S. The summed E-state index contributed by atoms with van der Waals surface area (Å²) in [7, 11) is -3.43. The van der Waals surface area contributed by atoms with Crippen LogP contribution in [0.25, 0.3) is 0 Å². The smallest absolute Gasteiger partial charge is 0.266 e. The van der Waals surface area contributed by atoms with Gasteiger partial charge in [0.15, 0.2) is 9.84 Å². The average molecular weight is 215 g/mol. The van der Waals surface area contributed by atoms with E-state index in [9.17, 15) is 13.2 Å². The summed E-state index contributed by atoms with van der Waals surface area (Å²) in [6, 6.07) is 2.84. The number of rotatable bonds is 3. The van der Waals surface area contributed by atoms with Crippen molar-refractivity contribution in [2.45, 2.75) is 18.7 Å². The summed E-state index contributed by atoms with van der Waals surface area (Å²) in [5, 5.41) is 0. The molecule has 0 unspecified atom stereocenters. The van der Waals surface area contributed by atoms with Gasteiger partial charge in [0, 0.05) is 6.20 Å². The minimum absolute atomic E-state index is 0.0000926. The van der Waals surface area contributed by atoms with Gasteiger partial charge in [-0.3, -0.25) is 4.79 Å². The van der Waals surface area contributed by atoms with Crippen molar-refractivity contribution in [1.29, 1.82) is 0 Å². The van der Waals surface area contributed by atoms with Gasteiger partial charge in [0.1, 0.15) is 4.90 Å². The molecule has 0 atom stereocenters. The molecule has 0 amide bonds. The van der Waals surface area contributed by atoms with Gasteiger partial charge in [-0.25, -0.2) is 8.42 Å². The second-order valence-electron chi connectivity index (χ2n) is 3.54. The fraction of sp³-hybridized carbons (Fsp3) is 0.444. The molecule has 78 valence electrons. The molecule has 5 heteroatoms. The molecule has 1 rings (SSSR count). The van der Waals surface area contributed by atoms with Crippen LogP contribution in [0.2, 0.25) is 0 Å². The molecule has 0 saturated carbocycles. The lowest BCUT2D eigenvalue weighted by molar-refractivity contribution is 0.581. The molecule has 4 nitrogen and oxygen atoms in total. The summed E-state index contributed by atoms with van der Waals surface area (Å²) in [5.74, 6) is 0.0136. The summed E-state index contributed by atoms with van der Waals surface area (Å²) < 4.78 is 23.3. The van der Waals surface area contributed by atoms with Gasteiger partial charge < -0.3 is 4.98 Å². The first-order chi connectivity index (χ1) is 6.43. The molecule has 1 heterocycles. The fourth-order valence-corrected chi connectivity index (χ4v) is 2.86. The molecule has 14 heavy (non-hydrogen) atoms. The van der Waals surface area contributed by atoms with Gasteiger partial charge in [0.05, 0.1) is 5.75 Å². The van der Waals surface area contributed by atoms with Crippen LogP contribution in [0.4, 0.5) is 0 Å². The Labute approximate surface area is 82.9 Å². The van der Waals surface area contributed by atoms with E-state index in [1.165, 1.54) is 18.3 Å². The van der Waals surface area contributed by atoms with Crippen LogP contribution in [0.1, 0.15) is 13.8 Å². The predicted octanol–water partition coefficient (Wildman–Crippen LogP) is 0.805. The minimum Gasteiger partial charge on any atom is -0.328 e. The molecule has 1 aromatic rings. The number of aromatic amines is 1. The average Bonchev–Trinajstić information content (AvgIpc) is 2.02. The van der Waals surface area contributed by atoms with Crippen molar-refractivity contribution in [2.75, 3.05) is 5.75 Å². The number of aromatic nitrogens is 1. The quantitative estimate of drug-likeness (QED) is 0.811. The largest absolute Gasteiger partial charge is 0.328 e. The van der Waals surface area contributed by atoms with Gasteiger partial charge >= 0.3 is 0 Å². The molecule has 1 aromatic heterocycles. The van der Waals surface area contributed by atoms with E-state index in [1.54, 1.807) is 13.8 Å². The number of hydrogen-bond acceptors (Lipinski definition) is 3. The highest BCUT2D eigenvalue weighted by molar-refractivity contribution is 7.91. The van der Waals surface area contributed by atoms with Gasteiger partial charge in [-0.15, -0.1) is 0 Å². The van der Waals surface area contributed by atoms with Gasteiger partial charge in [0.2, 0.25) is 0 Å². The zero-order valence-corrected chi connectivity index (χ0v) is 8.97. The molecular weight excluding hydrogens is 202 g/mol. The van der Waals surface area contributed by atoms with Crippen LogP contribution < -0.4 is 5.56 Å². The second-order valence-corrected chi connectivity index (χ2v) is 5.54. The van der Waals surface area contributed by atoms with Crippen LogP contribution in [-0.4, -0.2) is 19.2 Å². The fourth-order valence-electron chi connectivity index (χ4n) is 1.18. The number of H-pyrrole nitrogens is 1. The Hall–Kier alpha value is -1.10. The first kappa shape index (κ1) is 11.0. The first-order valence-electron chi connectivity index (χ1n) is 4.34. The molecule has 0 aromatic carbocycles. The Kier molecular flexibility index (Phi) is 3.10. The number of sulfone groups is 1. The Bertz CT molecular complexity index is 459. The topological polar surface area (TPSA) is 67.0 Å². The van der Waals surface area contributed by atoms with E-state index in [-0.39, 0.29) is 16.6 Å². The maximum Gasteiger partial charge on any atom is 0.266 e. The Morgan fingerprint density at radius 3 is 2.57 bits per heavy atom.